The Bertz CT molecular complexity index is 1300. The van der Waals surface area contributed by atoms with Crippen molar-refractivity contribution in [3.63, 3.8) is 0 Å². The van der Waals surface area contributed by atoms with Crippen LogP contribution in [0.15, 0.2) is 96.2 Å². The van der Waals surface area contributed by atoms with E-state index in [-0.39, 0.29) is 11.5 Å². The Morgan fingerprint density at radius 1 is 1.00 bits per heavy atom. The number of fused-ring (bicyclic) bond motifs is 1. The normalized spacial score (nSPS) is 12.4. The first-order valence-corrected chi connectivity index (χ1v) is 11.0. The molecule has 0 aliphatic carbocycles. The topological polar surface area (TPSA) is 92.6 Å². The van der Waals surface area contributed by atoms with E-state index in [0.717, 1.165) is 27.6 Å². The lowest BCUT2D eigenvalue weighted by atomic mass is 9.91. The maximum atomic E-state index is 12.5. The summed E-state index contributed by atoms with van der Waals surface area (Å²) in [6.07, 6.45) is 2.12. The Kier molecular flexibility index (Phi) is 6.80. The number of rotatable bonds is 8. The predicted octanol–water partition coefficient (Wildman–Crippen LogP) is 4.49. The predicted molar refractivity (Wildman–Crippen MR) is 135 cm³/mol. The molecule has 0 aliphatic rings. The number of aromatic nitrogens is 1. The number of para-hydroxylation sites is 1. The SMILES string of the molecule is NC(=S)N/N=C(\CC(C(=O)O)c1cn(Cc2ccccc2)c2ccccc12)c1ccccc1. The van der Waals surface area contributed by atoms with Crippen LogP contribution in [0.3, 0.4) is 0 Å². The third-order valence-corrected chi connectivity index (χ3v) is 5.59. The number of benzene rings is 3. The molecule has 4 aromatic rings. The van der Waals surface area contributed by atoms with Crippen LogP contribution in [0, 0.1) is 0 Å². The van der Waals surface area contributed by atoms with Crippen molar-refractivity contribution < 1.29 is 9.90 Å². The average molecular weight is 457 g/mol. The molecule has 0 saturated heterocycles. The maximum absolute atomic E-state index is 12.5. The second kappa shape index (κ2) is 10.1. The molecule has 0 radical (unpaired) electrons. The van der Waals surface area contributed by atoms with Gasteiger partial charge in [-0.15, -0.1) is 0 Å². The standard InChI is InChI=1S/C26H24N4O2S/c27-26(33)29-28-23(19-11-5-2-6-12-19)15-21(25(31)32)22-17-30(16-18-9-3-1-4-10-18)24-14-8-7-13-20(22)24/h1-14,17,21H,15-16H2,(H,31,32)(H3,27,29,33)/b28-23+. The number of hydrogen-bond acceptors (Lipinski definition) is 3. The van der Waals surface area contributed by atoms with E-state index in [1.165, 1.54) is 0 Å². The number of nitrogens with one attached hydrogen (secondary N) is 1. The quantitative estimate of drug-likeness (QED) is 0.206. The number of thiocarbonyl (C=S) groups is 1. The molecule has 166 valence electrons. The Morgan fingerprint density at radius 3 is 2.30 bits per heavy atom. The Hall–Kier alpha value is -3.97. The van der Waals surface area contributed by atoms with Gasteiger partial charge in [0, 0.05) is 30.1 Å². The van der Waals surface area contributed by atoms with Crippen LogP contribution in [-0.2, 0) is 11.3 Å². The van der Waals surface area contributed by atoms with E-state index in [2.05, 4.69) is 27.2 Å². The van der Waals surface area contributed by atoms with E-state index in [4.69, 9.17) is 18.0 Å². The molecule has 0 aliphatic heterocycles. The monoisotopic (exact) mass is 456 g/mol. The molecule has 3 aromatic carbocycles. The molecule has 0 saturated carbocycles. The van der Waals surface area contributed by atoms with Crippen molar-refractivity contribution in [2.75, 3.05) is 0 Å². The highest BCUT2D eigenvalue weighted by atomic mass is 32.1. The van der Waals surface area contributed by atoms with E-state index in [0.29, 0.717) is 12.3 Å². The molecule has 6 nitrogen and oxygen atoms in total. The Morgan fingerprint density at radius 2 is 1.64 bits per heavy atom. The van der Waals surface area contributed by atoms with Crippen molar-refractivity contribution in [1.82, 2.24) is 9.99 Å². The van der Waals surface area contributed by atoms with E-state index >= 15 is 0 Å². The van der Waals surface area contributed by atoms with Crippen LogP contribution in [-0.4, -0.2) is 26.5 Å². The van der Waals surface area contributed by atoms with Gasteiger partial charge in [-0.1, -0.05) is 78.9 Å². The summed E-state index contributed by atoms with van der Waals surface area (Å²) < 4.78 is 2.10. The minimum absolute atomic E-state index is 0.0229. The smallest absolute Gasteiger partial charge is 0.311 e. The van der Waals surface area contributed by atoms with Crippen molar-refractivity contribution in [3.8, 4) is 0 Å². The fourth-order valence-electron chi connectivity index (χ4n) is 3.97. The van der Waals surface area contributed by atoms with Crippen molar-refractivity contribution in [2.24, 2.45) is 10.8 Å². The lowest BCUT2D eigenvalue weighted by Crippen LogP contribution is -2.27. The first-order valence-electron chi connectivity index (χ1n) is 10.5. The highest BCUT2D eigenvalue weighted by molar-refractivity contribution is 7.80. The highest BCUT2D eigenvalue weighted by Crippen LogP contribution is 2.32. The fourth-order valence-corrected chi connectivity index (χ4v) is 4.01. The van der Waals surface area contributed by atoms with Crippen molar-refractivity contribution in [1.29, 1.82) is 0 Å². The molecule has 33 heavy (non-hydrogen) atoms. The zero-order valence-corrected chi connectivity index (χ0v) is 18.7. The summed E-state index contributed by atoms with van der Waals surface area (Å²) in [7, 11) is 0. The van der Waals surface area contributed by atoms with E-state index < -0.39 is 11.9 Å². The number of nitrogens with two attached hydrogens (primary N) is 1. The van der Waals surface area contributed by atoms with E-state index in [9.17, 15) is 9.90 Å². The van der Waals surface area contributed by atoms with Crippen LogP contribution >= 0.6 is 12.2 Å². The van der Waals surface area contributed by atoms with Crippen molar-refractivity contribution >= 4 is 39.9 Å². The van der Waals surface area contributed by atoms with Crippen molar-refractivity contribution in [2.45, 2.75) is 18.9 Å². The summed E-state index contributed by atoms with van der Waals surface area (Å²) in [5.41, 5.74) is 12.4. The van der Waals surface area contributed by atoms with Gasteiger partial charge < -0.3 is 15.4 Å². The number of aliphatic carboxylic acids is 1. The van der Waals surface area contributed by atoms with Crippen LogP contribution in [0.5, 0.6) is 0 Å². The van der Waals surface area contributed by atoms with Crippen LogP contribution in [0.1, 0.15) is 29.0 Å². The van der Waals surface area contributed by atoms with Gasteiger partial charge >= 0.3 is 5.97 Å². The number of nitrogens with zero attached hydrogens (tertiary/aromatic N) is 2. The molecule has 1 heterocycles. The van der Waals surface area contributed by atoms with Gasteiger partial charge in [-0.3, -0.25) is 10.2 Å². The summed E-state index contributed by atoms with van der Waals surface area (Å²) in [6.45, 7) is 0.649. The molecule has 4 N–H and O–H groups in total. The molecular formula is C26H24N4O2S. The van der Waals surface area contributed by atoms with Gasteiger partial charge in [-0.05, 0) is 35.0 Å². The number of hydrazone groups is 1. The summed E-state index contributed by atoms with van der Waals surface area (Å²) in [4.78, 5) is 12.5. The fraction of sp³-hybridized carbons (Fsp3) is 0.115. The first-order chi connectivity index (χ1) is 16.0. The third-order valence-electron chi connectivity index (χ3n) is 5.49. The van der Waals surface area contributed by atoms with E-state index in [1.807, 2.05) is 79.0 Å². The molecule has 1 aromatic heterocycles. The van der Waals surface area contributed by atoms with Gasteiger partial charge in [0.2, 0.25) is 0 Å². The van der Waals surface area contributed by atoms with Crippen LogP contribution in [0.2, 0.25) is 0 Å². The molecule has 0 amide bonds. The van der Waals surface area contributed by atoms with Gasteiger partial charge in [-0.25, -0.2) is 0 Å². The second-order valence-corrected chi connectivity index (χ2v) is 8.15. The van der Waals surface area contributed by atoms with Gasteiger partial charge in [-0.2, -0.15) is 5.10 Å². The average Bonchev–Trinajstić information content (AvgIpc) is 3.18. The lowest BCUT2D eigenvalue weighted by molar-refractivity contribution is -0.138. The lowest BCUT2D eigenvalue weighted by Gasteiger charge is -2.14. The first kappa shape index (κ1) is 22.2. The van der Waals surface area contributed by atoms with Gasteiger partial charge in [0.25, 0.3) is 0 Å². The summed E-state index contributed by atoms with van der Waals surface area (Å²) >= 11 is 4.89. The van der Waals surface area contributed by atoms with Gasteiger partial charge in [0.05, 0.1) is 11.6 Å². The highest BCUT2D eigenvalue weighted by Gasteiger charge is 2.27. The summed E-state index contributed by atoms with van der Waals surface area (Å²) in [5, 5.41) is 15.5. The van der Waals surface area contributed by atoms with Crippen LogP contribution in [0.4, 0.5) is 0 Å². The van der Waals surface area contributed by atoms with Crippen molar-refractivity contribution in [3.05, 3.63) is 108 Å². The third kappa shape index (κ3) is 5.27. The number of carboxylic acids is 1. The largest absolute Gasteiger partial charge is 0.481 e. The number of carbonyl (C=O) groups is 1. The maximum Gasteiger partial charge on any atom is 0.311 e. The molecule has 1 unspecified atom stereocenters. The molecule has 7 heteroatoms. The summed E-state index contributed by atoms with van der Waals surface area (Å²) in [5.74, 6) is -1.73. The van der Waals surface area contributed by atoms with Crippen LogP contribution < -0.4 is 11.2 Å². The molecule has 0 bridgehead atoms. The number of hydrogen-bond donors (Lipinski definition) is 3. The Labute approximate surface area is 197 Å². The zero-order chi connectivity index (χ0) is 23.2. The van der Waals surface area contributed by atoms with Crippen LogP contribution in [0.25, 0.3) is 10.9 Å². The van der Waals surface area contributed by atoms with Gasteiger partial charge in [0.1, 0.15) is 0 Å². The zero-order valence-electron chi connectivity index (χ0n) is 17.9. The molecular weight excluding hydrogens is 432 g/mol. The minimum atomic E-state index is -0.920. The minimum Gasteiger partial charge on any atom is -0.481 e. The number of carboxylic acid groups (broad SMARTS) is 1. The molecule has 0 fully saturated rings. The van der Waals surface area contributed by atoms with E-state index in [1.54, 1.807) is 0 Å². The molecule has 1 atom stereocenters. The summed E-state index contributed by atoms with van der Waals surface area (Å²) in [6, 6.07) is 27.4. The molecule has 0 spiro atoms. The molecule has 4 rings (SSSR count). The van der Waals surface area contributed by atoms with Gasteiger partial charge in [0.15, 0.2) is 5.11 Å². The Balaban J connectivity index is 1.76. The second-order valence-electron chi connectivity index (χ2n) is 7.71.